The predicted octanol–water partition coefficient (Wildman–Crippen LogP) is 4.41. The number of hydrogen-bond donors (Lipinski definition) is 0. The Kier molecular flexibility index (Phi) is 6.67. The Morgan fingerprint density at radius 2 is 1.55 bits per heavy atom. The number of rotatable bonds is 6. The predicted molar refractivity (Wildman–Crippen MR) is 117 cm³/mol. The molecule has 2 aromatic carbocycles. The molecule has 9 heteroatoms. The van der Waals surface area contributed by atoms with Gasteiger partial charge in [0.25, 0.3) is 0 Å². The van der Waals surface area contributed by atoms with E-state index in [1.807, 2.05) is 0 Å². The largest absolute Gasteiger partial charge is 0.497 e. The third kappa shape index (κ3) is 4.16. The summed E-state index contributed by atoms with van der Waals surface area (Å²) in [7, 11) is 4.23. The summed E-state index contributed by atoms with van der Waals surface area (Å²) in [6.07, 6.45) is 6.33. The fourth-order valence-electron chi connectivity index (χ4n) is 3.15. The fraction of sp³-hybridized carbons (Fsp3) is 0.273. The van der Waals surface area contributed by atoms with Crippen LogP contribution in [0.15, 0.2) is 42.5 Å². The van der Waals surface area contributed by atoms with Crippen molar-refractivity contribution in [3.05, 3.63) is 42.5 Å². The monoisotopic (exact) mass is 466 g/mol. The lowest BCUT2D eigenvalue weighted by Crippen LogP contribution is -2.42. The smallest absolute Gasteiger partial charge is 0.338 e. The van der Waals surface area contributed by atoms with Gasteiger partial charge in [0.2, 0.25) is 11.5 Å². The van der Waals surface area contributed by atoms with Crippen molar-refractivity contribution in [3.8, 4) is 28.7 Å². The summed E-state index contributed by atoms with van der Waals surface area (Å²) in [5, 5.41) is -0.0226. The van der Waals surface area contributed by atoms with Crippen LogP contribution in [0.5, 0.6) is 28.7 Å². The first-order valence-corrected chi connectivity index (χ1v) is 9.93. The molecule has 0 heterocycles. The van der Waals surface area contributed by atoms with Crippen LogP contribution in [0.1, 0.15) is 6.92 Å². The summed E-state index contributed by atoms with van der Waals surface area (Å²) in [6.45, 7) is 1.26. The first-order chi connectivity index (χ1) is 14.8. The maximum Gasteiger partial charge on any atom is 0.338 e. The normalized spacial score (nSPS) is 19.7. The van der Waals surface area contributed by atoms with Gasteiger partial charge >= 0.3 is 11.9 Å². The molecular weight excluding hydrogens is 447 g/mol. The minimum absolute atomic E-state index is 0.0148. The Bertz CT molecular complexity index is 1090. The summed E-state index contributed by atoms with van der Waals surface area (Å²) >= 11 is 12.8. The SMILES string of the molecule is COc1ccc2c(OC(C)=O)c(OC)c(OC)c(OC(=O)C3(Cl)C=CC=CC3Cl)c2c1. The number of alkyl halides is 2. The van der Waals surface area contributed by atoms with E-state index >= 15 is 0 Å². The van der Waals surface area contributed by atoms with Gasteiger partial charge in [-0.1, -0.05) is 24.3 Å². The van der Waals surface area contributed by atoms with E-state index in [9.17, 15) is 9.59 Å². The van der Waals surface area contributed by atoms with Crippen LogP contribution in [0.2, 0.25) is 0 Å². The summed E-state index contributed by atoms with van der Waals surface area (Å²) < 4.78 is 27.3. The third-order valence-corrected chi connectivity index (χ3v) is 5.74. The molecule has 2 unspecified atom stereocenters. The van der Waals surface area contributed by atoms with Crippen molar-refractivity contribution in [3.63, 3.8) is 0 Å². The number of carbonyl (C=O) groups is 2. The van der Waals surface area contributed by atoms with Crippen LogP contribution in [-0.4, -0.2) is 43.5 Å². The van der Waals surface area contributed by atoms with Gasteiger partial charge in [0.05, 0.1) is 26.7 Å². The molecule has 0 spiro atoms. The van der Waals surface area contributed by atoms with Crippen molar-refractivity contribution in [1.29, 1.82) is 0 Å². The Hall–Kier alpha value is -2.90. The number of carbonyl (C=O) groups excluding carboxylic acids is 2. The minimum Gasteiger partial charge on any atom is -0.497 e. The van der Waals surface area contributed by atoms with Gasteiger partial charge in [0.1, 0.15) is 5.75 Å². The van der Waals surface area contributed by atoms with Gasteiger partial charge in [-0.3, -0.25) is 4.79 Å². The highest BCUT2D eigenvalue weighted by Crippen LogP contribution is 2.52. The molecule has 2 aromatic rings. The highest BCUT2D eigenvalue weighted by Gasteiger charge is 2.44. The van der Waals surface area contributed by atoms with Gasteiger partial charge in [0.15, 0.2) is 16.4 Å². The summed E-state index contributed by atoms with van der Waals surface area (Å²) in [5.74, 6) is -0.674. The van der Waals surface area contributed by atoms with Crippen molar-refractivity contribution in [2.45, 2.75) is 17.2 Å². The van der Waals surface area contributed by atoms with Crippen molar-refractivity contribution < 1.29 is 33.3 Å². The third-order valence-electron chi connectivity index (χ3n) is 4.63. The molecule has 0 aromatic heterocycles. The average molecular weight is 467 g/mol. The van der Waals surface area contributed by atoms with Crippen molar-refractivity contribution >= 4 is 45.9 Å². The molecule has 0 radical (unpaired) electrons. The number of hydrogen-bond acceptors (Lipinski definition) is 7. The number of allylic oxidation sites excluding steroid dienone is 3. The van der Waals surface area contributed by atoms with Crippen molar-refractivity contribution in [1.82, 2.24) is 0 Å². The van der Waals surface area contributed by atoms with Gasteiger partial charge < -0.3 is 23.7 Å². The lowest BCUT2D eigenvalue weighted by Gasteiger charge is -2.27. The summed E-state index contributed by atoms with van der Waals surface area (Å²) in [5.41, 5.74) is 0. The molecule has 0 aliphatic heterocycles. The van der Waals surface area contributed by atoms with Crippen LogP contribution in [0.3, 0.4) is 0 Å². The van der Waals surface area contributed by atoms with Gasteiger partial charge in [-0.05, 0) is 18.2 Å². The van der Waals surface area contributed by atoms with E-state index in [4.69, 9.17) is 46.9 Å². The van der Waals surface area contributed by atoms with Crippen LogP contribution in [0.4, 0.5) is 0 Å². The number of esters is 2. The molecule has 0 fully saturated rings. The second-order valence-corrected chi connectivity index (χ2v) is 7.63. The molecule has 1 aliphatic rings. The molecular formula is C22H20Cl2O7. The molecule has 0 saturated heterocycles. The van der Waals surface area contributed by atoms with Gasteiger partial charge in [-0.2, -0.15) is 0 Å². The minimum atomic E-state index is -1.63. The fourth-order valence-corrected chi connectivity index (χ4v) is 3.57. The van der Waals surface area contributed by atoms with E-state index in [0.29, 0.717) is 16.5 Å². The van der Waals surface area contributed by atoms with Crippen LogP contribution in [-0.2, 0) is 9.59 Å². The van der Waals surface area contributed by atoms with Crippen molar-refractivity contribution in [2.75, 3.05) is 21.3 Å². The first-order valence-electron chi connectivity index (χ1n) is 9.12. The van der Waals surface area contributed by atoms with Crippen LogP contribution in [0.25, 0.3) is 10.8 Å². The number of fused-ring (bicyclic) bond motifs is 1. The number of benzene rings is 2. The second-order valence-electron chi connectivity index (χ2n) is 6.53. The molecule has 3 rings (SSSR count). The Morgan fingerprint density at radius 1 is 0.903 bits per heavy atom. The molecule has 0 N–H and O–H groups in total. The van der Waals surface area contributed by atoms with Crippen molar-refractivity contribution in [2.24, 2.45) is 0 Å². The Balaban J connectivity index is 2.26. The topological polar surface area (TPSA) is 80.3 Å². The van der Waals surface area contributed by atoms with Gasteiger partial charge in [-0.25, -0.2) is 4.79 Å². The quantitative estimate of drug-likeness (QED) is 0.354. The average Bonchev–Trinajstić information content (AvgIpc) is 2.76. The number of halogens is 2. The van der Waals surface area contributed by atoms with E-state index < -0.39 is 22.2 Å². The first kappa shape index (κ1) is 22.8. The molecule has 1 aliphatic carbocycles. The maximum atomic E-state index is 13.1. The molecule has 0 amide bonds. The zero-order valence-electron chi connectivity index (χ0n) is 17.2. The standard InChI is InChI=1S/C22H20Cl2O7/c1-12(25)30-17-14-9-8-13(27-2)11-15(14)18(20(29-4)19(17)28-3)31-21(26)22(24)10-6-5-7-16(22)23/h5-11,16H,1-4H3. The lowest BCUT2D eigenvalue weighted by atomic mass is 9.99. The second kappa shape index (κ2) is 9.08. The molecule has 164 valence electrons. The zero-order valence-corrected chi connectivity index (χ0v) is 18.7. The van der Waals surface area contributed by atoms with Crippen LogP contribution < -0.4 is 23.7 Å². The van der Waals surface area contributed by atoms with E-state index in [-0.39, 0.29) is 23.0 Å². The van der Waals surface area contributed by atoms with Crippen LogP contribution in [0, 0.1) is 0 Å². The molecule has 0 saturated carbocycles. The zero-order chi connectivity index (χ0) is 22.8. The lowest BCUT2D eigenvalue weighted by molar-refractivity contribution is -0.136. The molecule has 7 nitrogen and oxygen atoms in total. The Morgan fingerprint density at radius 3 is 2.10 bits per heavy atom. The highest BCUT2D eigenvalue weighted by atomic mass is 35.5. The highest BCUT2D eigenvalue weighted by molar-refractivity contribution is 6.42. The van der Waals surface area contributed by atoms with E-state index in [2.05, 4.69) is 0 Å². The van der Waals surface area contributed by atoms with Crippen LogP contribution >= 0.6 is 23.2 Å². The maximum absolute atomic E-state index is 13.1. The molecule has 31 heavy (non-hydrogen) atoms. The van der Waals surface area contributed by atoms with E-state index in [1.54, 1.807) is 36.4 Å². The van der Waals surface area contributed by atoms with E-state index in [1.165, 1.54) is 34.3 Å². The summed E-state index contributed by atoms with van der Waals surface area (Å²) in [4.78, 5) is 23.2. The number of ether oxygens (including phenoxy) is 5. The molecule has 0 bridgehead atoms. The summed E-state index contributed by atoms with van der Waals surface area (Å²) in [6, 6.07) is 4.93. The Labute approximate surface area is 189 Å². The van der Waals surface area contributed by atoms with Gasteiger partial charge in [0, 0.05) is 17.7 Å². The van der Waals surface area contributed by atoms with E-state index in [0.717, 1.165) is 0 Å². The number of methoxy groups -OCH3 is 3. The molecule has 2 atom stereocenters. The van der Waals surface area contributed by atoms with Gasteiger partial charge in [-0.15, -0.1) is 23.2 Å².